The maximum Gasteiger partial charge on any atom is 0.418 e. The highest BCUT2D eigenvalue weighted by atomic mass is 35.5. The first-order chi connectivity index (χ1) is 21.0. The fraction of sp³-hybridized carbons (Fsp3) is 0.310. The van der Waals surface area contributed by atoms with Gasteiger partial charge in [0.05, 0.1) is 31.2 Å². The first kappa shape index (κ1) is 30.0. The summed E-state index contributed by atoms with van der Waals surface area (Å²) in [5.74, 6) is 0.492. The van der Waals surface area contributed by atoms with Crippen molar-refractivity contribution in [2.75, 3.05) is 13.7 Å². The highest BCUT2D eigenvalue weighted by molar-refractivity contribution is 6.30. The van der Waals surface area contributed by atoms with Gasteiger partial charge in [-0.1, -0.05) is 41.1 Å². The summed E-state index contributed by atoms with van der Waals surface area (Å²) in [4.78, 5) is 4.27. The van der Waals surface area contributed by atoms with Gasteiger partial charge in [-0.05, 0) is 42.6 Å². The lowest BCUT2D eigenvalue weighted by Gasteiger charge is -2.41. The van der Waals surface area contributed by atoms with E-state index in [0.717, 1.165) is 33.7 Å². The Morgan fingerprint density at radius 3 is 2.57 bits per heavy atom. The SMILES string of the molecule is COc1cc(-c2cn([C@H]3[C@@H](O)[C@@H](CO)O[C@@H](c4nc(C)nn4-c4cc(Cl)ccc4C(F)(F)F)[C@@H]3O)nn2)cc2ccccc12. The van der Waals surface area contributed by atoms with Crippen LogP contribution in [0.5, 0.6) is 5.75 Å². The number of aliphatic hydroxyl groups excluding tert-OH is 3. The summed E-state index contributed by atoms with van der Waals surface area (Å²) in [5, 5.41) is 47.1. The number of hydrogen-bond acceptors (Lipinski definition) is 9. The van der Waals surface area contributed by atoms with Gasteiger partial charge in [0.25, 0.3) is 0 Å². The van der Waals surface area contributed by atoms with Gasteiger partial charge in [-0.15, -0.1) is 5.10 Å². The summed E-state index contributed by atoms with van der Waals surface area (Å²) in [6, 6.07) is 13.0. The van der Waals surface area contributed by atoms with Crippen LogP contribution in [0.4, 0.5) is 13.2 Å². The van der Waals surface area contributed by atoms with Crippen LogP contribution in [0.3, 0.4) is 0 Å². The number of halogens is 4. The van der Waals surface area contributed by atoms with E-state index in [1.807, 2.05) is 30.3 Å². The van der Waals surface area contributed by atoms with Gasteiger partial charge in [0.1, 0.15) is 47.7 Å². The lowest BCUT2D eigenvalue weighted by molar-refractivity contribution is -0.210. The maximum atomic E-state index is 14.0. The average Bonchev–Trinajstić information content (AvgIpc) is 3.63. The normalized spacial score (nSPS) is 22.4. The third-order valence-electron chi connectivity index (χ3n) is 7.53. The second-order valence-corrected chi connectivity index (χ2v) is 10.8. The van der Waals surface area contributed by atoms with Crippen LogP contribution in [0, 0.1) is 6.92 Å². The van der Waals surface area contributed by atoms with Gasteiger partial charge in [-0.3, -0.25) is 0 Å². The molecule has 1 aliphatic heterocycles. The van der Waals surface area contributed by atoms with Gasteiger partial charge in [0, 0.05) is 16.0 Å². The van der Waals surface area contributed by atoms with Crippen molar-refractivity contribution >= 4 is 22.4 Å². The number of nitrogens with zero attached hydrogens (tertiary/aromatic N) is 6. The lowest BCUT2D eigenvalue weighted by Crippen LogP contribution is -2.53. The van der Waals surface area contributed by atoms with Crippen LogP contribution in [0.1, 0.15) is 29.4 Å². The van der Waals surface area contributed by atoms with Crippen LogP contribution >= 0.6 is 11.6 Å². The smallest absolute Gasteiger partial charge is 0.418 e. The summed E-state index contributed by atoms with van der Waals surface area (Å²) in [6.45, 7) is 0.785. The Bertz CT molecular complexity index is 1830. The fourth-order valence-corrected chi connectivity index (χ4v) is 5.65. The number of fused-ring (bicyclic) bond motifs is 1. The van der Waals surface area contributed by atoms with E-state index in [0.29, 0.717) is 17.0 Å². The maximum absolute atomic E-state index is 14.0. The summed E-state index contributed by atoms with van der Waals surface area (Å²) < 4.78 is 55.4. The third-order valence-corrected chi connectivity index (χ3v) is 7.77. The zero-order valence-corrected chi connectivity index (χ0v) is 24.0. The highest BCUT2D eigenvalue weighted by Gasteiger charge is 2.49. The predicted octanol–water partition coefficient (Wildman–Crippen LogP) is 4.06. The molecule has 0 saturated carbocycles. The summed E-state index contributed by atoms with van der Waals surface area (Å²) in [5.41, 5.74) is -0.438. The monoisotopic (exact) mass is 630 g/mol. The standard InChI is InChI=1S/C29H26ClF3N6O5/c1-14-34-28(39(36-14)21-11-17(30)7-8-19(21)29(31,32)33)27-26(42)24(25(41)23(13-40)44-27)38-12-20(35-37-38)16-9-15-5-3-4-6-18(15)22(10-16)43-2/h3-12,23-27,40-42H,13H2,1-2H3/t23-,24+,25+,26-,27-/m1/s1. The van der Waals surface area contributed by atoms with Crippen LogP contribution in [0.15, 0.2) is 60.8 Å². The number of ether oxygens (including phenoxy) is 2. The summed E-state index contributed by atoms with van der Waals surface area (Å²) in [7, 11) is 1.55. The number of alkyl halides is 3. The quantitative estimate of drug-likeness (QED) is 0.253. The Kier molecular flexibility index (Phi) is 7.80. The molecule has 11 nitrogen and oxygen atoms in total. The second-order valence-electron chi connectivity index (χ2n) is 10.3. The van der Waals surface area contributed by atoms with E-state index < -0.39 is 54.5 Å². The first-order valence-corrected chi connectivity index (χ1v) is 13.8. The van der Waals surface area contributed by atoms with Crippen molar-refractivity contribution in [3.8, 4) is 22.7 Å². The lowest BCUT2D eigenvalue weighted by atomic mass is 9.92. The minimum absolute atomic E-state index is 0.0132. The van der Waals surface area contributed by atoms with Gasteiger partial charge in [0.2, 0.25) is 0 Å². The summed E-state index contributed by atoms with van der Waals surface area (Å²) in [6.07, 6.45) is -9.08. The van der Waals surface area contributed by atoms with Gasteiger partial charge >= 0.3 is 6.18 Å². The van der Waals surface area contributed by atoms with Crippen molar-refractivity contribution in [2.45, 2.75) is 43.6 Å². The molecule has 230 valence electrons. The predicted molar refractivity (Wildman–Crippen MR) is 151 cm³/mol. The molecule has 1 saturated heterocycles. The van der Waals surface area contributed by atoms with Crippen molar-refractivity contribution < 1.29 is 38.0 Å². The topological polar surface area (TPSA) is 141 Å². The number of benzene rings is 3. The minimum Gasteiger partial charge on any atom is -0.496 e. The molecule has 0 spiro atoms. The molecule has 15 heteroatoms. The van der Waals surface area contributed by atoms with Crippen molar-refractivity contribution in [1.82, 2.24) is 29.8 Å². The molecule has 3 heterocycles. The molecule has 5 aromatic rings. The molecule has 1 aliphatic rings. The largest absolute Gasteiger partial charge is 0.496 e. The number of methoxy groups -OCH3 is 1. The molecular weight excluding hydrogens is 605 g/mol. The van der Waals surface area contributed by atoms with Crippen molar-refractivity contribution in [1.29, 1.82) is 0 Å². The number of aromatic nitrogens is 6. The third kappa shape index (κ3) is 5.28. The Labute approximate surface area is 253 Å². The second kappa shape index (κ2) is 11.4. The highest BCUT2D eigenvalue weighted by Crippen LogP contribution is 2.41. The van der Waals surface area contributed by atoms with Crippen LogP contribution in [0.25, 0.3) is 27.7 Å². The molecule has 3 aromatic carbocycles. The van der Waals surface area contributed by atoms with Crippen molar-refractivity contribution in [3.05, 3.63) is 83.0 Å². The van der Waals surface area contributed by atoms with Crippen molar-refractivity contribution in [3.63, 3.8) is 0 Å². The van der Waals surface area contributed by atoms with Gasteiger partial charge in [-0.25, -0.2) is 14.3 Å². The molecular formula is C29H26ClF3N6O5. The Hall–Kier alpha value is -4.08. The zero-order valence-electron chi connectivity index (χ0n) is 23.2. The fourth-order valence-electron chi connectivity index (χ4n) is 5.49. The Balaban J connectivity index is 1.41. The molecule has 0 aliphatic carbocycles. The molecule has 6 rings (SSSR count). The molecule has 5 atom stereocenters. The van der Waals surface area contributed by atoms with Crippen LogP contribution < -0.4 is 4.74 Å². The Morgan fingerprint density at radius 2 is 1.84 bits per heavy atom. The van der Waals surface area contributed by atoms with E-state index in [4.69, 9.17) is 21.1 Å². The molecule has 1 fully saturated rings. The van der Waals surface area contributed by atoms with E-state index in [9.17, 15) is 28.5 Å². The van der Waals surface area contributed by atoms with E-state index in [1.54, 1.807) is 13.2 Å². The van der Waals surface area contributed by atoms with Gasteiger partial charge < -0.3 is 24.8 Å². The van der Waals surface area contributed by atoms with Crippen LogP contribution in [0.2, 0.25) is 5.02 Å². The summed E-state index contributed by atoms with van der Waals surface area (Å²) >= 11 is 6.06. The van der Waals surface area contributed by atoms with Crippen molar-refractivity contribution in [2.24, 2.45) is 0 Å². The molecule has 44 heavy (non-hydrogen) atoms. The molecule has 0 unspecified atom stereocenters. The average molecular weight is 631 g/mol. The zero-order chi connectivity index (χ0) is 31.3. The number of aryl methyl sites for hydroxylation is 1. The van der Waals surface area contributed by atoms with E-state index in [-0.39, 0.29) is 16.7 Å². The van der Waals surface area contributed by atoms with E-state index in [2.05, 4.69) is 20.4 Å². The molecule has 2 aromatic heterocycles. The molecule has 3 N–H and O–H groups in total. The van der Waals surface area contributed by atoms with Gasteiger partial charge in [0.15, 0.2) is 5.82 Å². The van der Waals surface area contributed by atoms with E-state index in [1.165, 1.54) is 17.8 Å². The number of aliphatic hydroxyl groups is 3. The molecule has 0 radical (unpaired) electrons. The minimum atomic E-state index is -4.77. The number of rotatable bonds is 6. The first-order valence-electron chi connectivity index (χ1n) is 13.4. The molecule has 0 amide bonds. The van der Waals surface area contributed by atoms with E-state index >= 15 is 0 Å². The van der Waals surface area contributed by atoms with Gasteiger partial charge in [-0.2, -0.15) is 18.3 Å². The molecule has 0 bridgehead atoms. The number of hydrogen-bond donors (Lipinski definition) is 3. The Morgan fingerprint density at radius 1 is 1.07 bits per heavy atom. The van der Waals surface area contributed by atoms with Crippen LogP contribution in [-0.4, -0.2) is 77.1 Å². The van der Waals surface area contributed by atoms with Crippen LogP contribution in [-0.2, 0) is 10.9 Å².